The maximum atomic E-state index is 13.2. The molecule has 1 amide bonds. The number of nitrogens with two attached hydrogens (primary N) is 1. The minimum Gasteiger partial charge on any atom is -0.454 e. The van der Waals surface area contributed by atoms with Crippen molar-refractivity contribution in [1.82, 2.24) is 4.90 Å². The van der Waals surface area contributed by atoms with Crippen molar-refractivity contribution < 1.29 is 28.2 Å². The summed E-state index contributed by atoms with van der Waals surface area (Å²) in [7, 11) is 0. The molecule has 0 unspecified atom stereocenters. The van der Waals surface area contributed by atoms with Crippen LogP contribution >= 0.6 is 0 Å². The highest BCUT2D eigenvalue weighted by Gasteiger charge is 2.44. The van der Waals surface area contributed by atoms with Crippen molar-refractivity contribution in [3.63, 3.8) is 0 Å². The van der Waals surface area contributed by atoms with Crippen molar-refractivity contribution in [2.75, 3.05) is 19.7 Å². The first-order chi connectivity index (χ1) is 8.24. The number of carbonyl (C=O) groups excluding carboxylic acids is 2. The van der Waals surface area contributed by atoms with Gasteiger partial charge in [-0.3, -0.25) is 9.59 Å². The number of piperidine rings is 1. The van der Waals surface area contributed by atoms with E-state index in [9.17, 15) is 18.4 Å². The van der Waals surface area contributed by atoms with Crippen molar-refractivity contribution >= 4 is 11.9 Å². The Morgan fingerprint density at radius 3 is 2.72 bits per heavy atom. The molecule has 0 aliphatic carbocycles. The Hall–Kier alpha value is -1.28. The molecule has 1 heterocycles. The van der Waals surface area contributed by atoms with Crippen LogP contribution in [0.2, 0.25) is 0 Å². The van der Waals surface area contributed by atoms with Crippen molar-refractivity contribution in [3.05, 3.63) is 0 Å². The first-order valence-corrected chi connectivity index (χ1v) is 5.50. The molecule has 1 saturated heterocycles. The van der Waals surface area contributed by atoms with E-state index in [1.54, 1.807) is 0 Å². The zero-order valence-electron chi connectivity index (χ0n) is 9.94. The Labute approximate surface area is 103 Å². The zero-order chi connectivity index (χ0) is 13.9. The second-order valence-corrected chi connectivity index (χ2v) is 4.28. The van der Waals surface area contributed by atoms with E-state index in [0.717, 1.165) is 4.90 Å². The summed E-state index contributed by atoms with van der Waals surface area (Å²) in [5.74, 6) is -4.83. The molecule has 104 valence electrons. The number of aliphatic hydroxyl groups is 1. The molecule has 6 nitrogen and oxygen atoms in total. The van der Waals surface area contributed by atoms with E-state index in [0.29, 0.717) is 0 Å². The van der Waals surface area contributed by atoms with Gasteiger partial charge in [0, 0.05) is 6.54 Å². The van der Waals surface area contributed by atoms with Crippen molar-refractivity contribution in [2.45, 2.75) is 31.4 Å². The normalized spacial score (nSPS) is 24.5. The van der Waals surface area contributed by atoms with Crippen LogP contribution in [0.15, 0.2) is 0 Å². The third kappa shape index (κ3) is 3.61. The molecule has 0 aromatic rings. The van der Waals surface area contributed by atoms with Crippen LogP contribution in [-0.4, -0.2) is 59.6 Å². The molecule has 3 N–H and O–H groups in total. The molecular weight excluding hydrogens is 250 g/mol. The van der Waals surface area contributed by atoms with Gasteiger partial charge in [-0.25, -0.2) is 8.78 Å². The summed E-state index contributed by atoms with van der Waals surface area (Å²) in [5.41, 5.74) is 5.21. The van der Waals surface area contributed by atoms with Gasteiger partial charge in [0.2, 0.25) is 0 Å². The molecule has 18 heavy (non-hydrogen) atoms. The second kappa shape index (κ2) is 5.57. The minimum atomic E-state index is -3.33. The Bertz CT molecular complexity index is 336. The van der Waals surface area contributed by atoms with Gasteiger partial charge in [0.15, 0.2) is 6.61 Å². The van der Waals surface area contributed by atoms with E-state index in [-0.39, 0.29) is 13.0 Å². The van der Waals surface area contributed by atoms with Crippen molar-refractivity contribution in [3.8, 4) is 0 Å². The lowest BCUT2D eigenvalue weighted by Gasteiger charge is -2.35. The number of esters is 1. The molecule has 1 aliphatic heterocycles. The number of rotatable bonds is 3. The molecule has 0 aromatic carbocycles. The minimum absolute atomic E-state index is 0.00528. The number of aliphatic hydroxyl groups excluding tert-OH is 1. The second-order valence-electron chi connectivity index (χ2n) is 4.28. The van der Waals surface area contributed by atoms with E-state index >= 15 is 0 Å². The molecule has 2 atom stereocenters. The van der Waals surface area contributed by atoms with Gasteiger partial charge in [0.05, 0.1) is 6.54 Å². The van der Waals surface area contributed by atoms with Crippen molar-refractivity contribution in [2.24, 2.45) is 5.73 Å². The quantitative estimate of drug-likeness (QED) is 0.646. The van der Waals surface area contributed by atoms with Gasteiger partial charge >= 0.3 is 5.97 Å². The molecule has 0 spiro atoms. The third-order valence-corrected chi connectivity index (χ3v) is 2.62. The largest absolute Gasteiger partial charge is 0.454 e. The highest BCUT2D eigenvalue weighted by Crippen LogP contribution is 2.27. The third-order valence-electron chi connectivity index (χ3n) is 2.62. The predicted molar refractivity (Wildman–Crippen MR) is 56.8 cm³/mol. The van der Waals surface area contributed by atoms with Crippen LogP contribution in [0.25, 0.3) is 0 Å². The fraction of sp³-hybridized carbons (Fsp3) is 0.800. The van der Waals surface area contributed by atoms with E-state index in [2.05, 4.69) is 4.74 Å². The van der Waals surface area contributed by atoms with Gasteiger partial charge < -0.3 is 20.5 Å². The van der Waals surface area contributed by atoms with E-state index < -0.39 is 43.1 Å². The molecule has 0 bridgehead atoms. The maximum absolute atomic E-state index is 13.2. The first-order valence-electron chi connectivity index (χ1n) is 5.50. The monoisotopic (exact) mass is 266 g/mol. The molecular formula is C10H16F2N2O4. The topological polar surface area (TPSA) is 92.9 Å². The van der Waals surface area contributed by atoms with Crippen LogP contribution in [0.3, 0.4) is 0 Å². The van der Waals surface area contributed by atoms with Crippen LogP contribution in [0.4, 0.5) is 8.78 Å². The van der Waals surface area contributed by atoms with Crippen LogP contribution < -0.4 is 5.73 Å². The van der Waals surface area contributed by atoms with E-state index in [1.807, 2.05) is 0 Å². The summed E-state index contributed by atoms with van der Waals surface area (Å²) in [6, 6.07) is -0.873. The summed E-state index contributed by atoms with van der Waals surface area (Å²) in [5, 5.41) is 9.04. The Balaban J connectivity index is 2.46. The Kier molecular flexibility index (Phi) is 4.58. The zero-order valence-corrected chi connectivity index (χ0v) is 9.94. The van der Waals surface area contributed by atoms with Gasteiger partial charge in [0.25, 0.3) is 11.8 Å². The van der Waals surface area contributed by atoms with E-state index in [1.165, 1.54) is 6.92 Å². The summed E-state index contributed by atoms with van der Waals surface area (Å²) < 4.78 is 30.9. The van der Waals surface area contributed by atoms with Gasteiger partial charge in [-0.05, 0) is 13.3 Å². The van der Waals surface area contributed by atoms with Crippen LogP contribution in [0.1, 0.15) is 13.3 Å². The number of alkyl halides is 2. The summed E-state index contributed by atoms with van der Waals surface area (Å²) in [6.45, 7) is -0.0984. The predicted octanol–water partition coefficient (Wildman–Crippen LogP) is -0.895. The van der Waals surface area contributed by atoms with Gasteiger partial charge in [-0.15, -0.1) is 0 Å². The first kappa shape index (κ1) is 14.8. The lowest BCUT2D eigenvalue weighted by molar-refractivity contribution is -0.170. The SMILES string of the molecule is C[C@@H](N)C(=O)OCC(=O)N1CC[C@H](O)C(F)(F)C1. The highest BCUT2D eigenvalue weighted by atomic mass is 19.3. The van der Waals surface area contributed by atoms with Crippen LogP contribution in [-0.2, 0) is 14.3 Å². The van der Waals surface area contributed by atoms with Gasteiger partial charge in [-0.1, -0.05) is 0 Å². The number of amides is 1. The smallest absolute Gasteiger partial charge is 0.323 e. The summed E-state index contributed by atoms with van der Waals surface area (Å²) in [6.07, 6.45) is -1.95. The number of hydrogen-bond acceptors (Lipinski definition) is 5. The molecule has 1 rings (SSSR count). The van der Waals surface area contributed by atoms with Gasteiger partial charge in [-0.2, -0.15) is 0 Å². The van der Waals surface area contributed by atoms with E-state index in [4.69, 9.17) is 10.8 Å². The lowest BCUT2D eigenvalue weighted by atomic mass is 10.0. The average molecular weight is 266 g/mol. The molecule has 1 fully saturated rings. The number of carbonyl (C=O) groups is 2. The number of likely N-dealkylation sites (tertiary alicyclic amines) is 1. The highest BCUT2D eigenvalue weighted by molar-refractivity contribution is 5.82. The fourth-order valence-electron chi connectivity index (χ4n) is 1.50. The number of nitrogens with zero attached hydrogens (tertiary/aromatic N) is 1. The standard InChI is InChI=1S/C10H16F2N2O4/c1-6(13)9(17)18-4-8(16)14-3-2-7(15)10(11,12)5-14/h6-7,15H,2-5,13H2,1H3/t6-,7+/m1/s1. The summed E-state index contributed by atoms with van der Waals surface area (Å²) in [4.78, 5) is 23.4. The number of ether oxygens (including phenoxy) is 1. The Morgan fingerprint density at radius 2 is 2.22 bits per heavy atom. The summed E-state index contributed by atoms with van der Waals surface area (Å²) >= 11 is 0. The molecule has 8 heteroatoms. The maximum Gasteiger partial charge on any atom is 0.323 e. The molecule has 0 radical (unpaired) electrons. The molecule has 0 saturated carbocycles. The fourth-order valence-corrected chi connectivity index (χ4v) is 1.50. The Morgan fingerprint density at radius 1 is 1.61 bits per heavy atom. The number of hydrogen-bond donors (Lipinski definition) is 2. The number of halogens is 2. The molecule has 1 aliphatic rings. The average Bonchev–Trinajstić information content (AvgIpc) is 2.28. The van der Waals surface area contributed by atoms with Crippen LogP contribution in [0.5, 0.6) is 0 Å². The van der Waals surface area contributed by atoms with Gasteiger partial charge in [0.1, 0.15) is 12.1 Å². The van der Waals surface area contributed by atoms with Crippen molar-refractivity contribution in [1.29, 1.82) is 0 Å². The molecule has 0 aromatic heterocycles. The van der Waals surface area contributed by atoms with Crippen LogP contribution in [0, 0.1) is 0 Å². The lowest BCUT2D eigenvalue weighted by Crippen LogP contribution is -2.54.